The zero-order valence-corrected chi connectivity index (χ0v) is 10.9. The Morgan fingerprint density at radius 3 is 2.90 bits per heavy atom. The van der Waals surface area contributed by atoms with Gasteiger partial charge in [-0.05, 0) is 12.5 Å². The first kappa shape index (κ1) is 12.9. The van der Waals surface area contributed by atoms with Crippen molar-refractivity contribution in [2.45, 2.75) is 18.9 Å². The maximum atomic E-state index is 13.4. The topological polar surface area (TPSA) is 90.0 Å². The first-order chi connectivity index (χ1) is 9.47. The number of imidazole rings is 1. The fraction of sp³-hybridized carbons (Fsp3) is 0.250. The fourth-order valence-corrected chi connectivity index (χ4v) is 2.52. The molecule has 1 unspecified atom stereocenters. The molecule has 1 aliphatic heterocycles. The van der Waals surface area contributed by atoms with Crippen molar-refractivity contribution in [1.82, 2.24) is 14.9 Å². The van der Waals surface area contributed by atoms with E-state index >= 15 is 0 Å². The van der Waals surface area contributed by atoms with Gasteiger partial charge in [0.05, 0.1) is 16.1 Å². The number of carbonyl (C=O) groups excluding carboxylic acids is 2. The van der Waals surface area contributed by atoms with E-state index in [4.69, 9.17) is 17.3 Å². The summed E-state index contributed by atoms with van der Waals surface area (Å²) in [4.78, 5) is 27.1. The van der Waals surface area contributed by atoms with Crippen molar-refractivity contribution in [2.75, 3.05) is 5.73 Å². The molecule has 2 heterocycles. The number of nitrogens with one attached hydrogen (secondary N) is 1. The average molecular weight is 297 g/mol. The predicted octanol–water partition coefficient (Wildman–Crippen LogP) is 1.39. The SMILES string of the molecule is Nc1nc2cc(F)c(Cl)cc2n1C1CCC(=O)NC1=O. The monoisotopic (exact) mass is 296 g/mol. The van der Waals surface area contributed by atoms with Crippen LogP contribution in [0.15, 0.2) is 12.1 Å². The van der Waals surface area contributed by atoms with Gasteiger partial charge in [-0.15, -0.1) is 0 Å². The molecule has 3 N–H and O–H groups in total. The van der Waals surface area contributed by atoms with Crippen molar-refractivity contribution in [3.05, 3.63) is 23.0 Å². The van der Waals surface area contributed by atoms with E-state index in [0.29, 0.717) is 17.5 Å². The van der Waals surface area contributed by atoms with Gasteiger partial charge < -0.3 is 5.73 Å². The van der Waals surface area contributed by atoms with E-state index in [1.165, 1.54) is 10.6 Å². The molecule has 3 rings (SSSR count). The van der Waals surface area contributed by atoms with Crippen LogP contribution in [0.5, 0.6) is 0 Å². The molecular weight excluding hydrogens is 287 g/mol. The number of carbonyl (C=O) groups is 2. The van der Waals surface area contributed by atoms with Crippen LogP contribution in [-0.4, -0.2) is 21.4 Å². The molecule has 8 heteroatoms. The molecule has 0 aliphatic carbocycles. The van der Waals surface area contributed by atoms with Crippen LogP contribution in [0.25, 0.3) is 11.0 Å². The normalized spacial score (nSPS) is 19.4. The standard InChI is InChI=1S/C12H10ClFN4O2/c13-5-3-9-7(4-6(5)14)16-12(15)18(9)8-1-2-10(19)17-11(8)20/h3-4,8H,1-2H2,(H2,15,16)(H,17,19,20). The van der Waals surface area contributed by atoms with Crippen LogP contribution in [0, 0.1) is 5.82 Å². The minimum absolute atomic E-state index is 0.0778. The minimum atomic E-state index is -0.653. The number of amides is 2. The zero-order chi connectivity index (χ0) is 14.4. The molecule has 1 aromatic carbocycles. The van der Waals surface area contributed by atoms with Crippen LogP contribution in [0.1, 0.15) is 18.9 Å². The van der Waals surface area contributed by atoms with Gasteiger partial charge in [0.25, 0.3) is 0 Å². The number of nitrogens with two attached hydrogens (primary N) is 1. The number of halogens is 2. The molecule has 2 aromatic rings. The highest BCUT2D eigenvalue weighted by atomic mass is 35.5. The number of benzene rings is 1. The van der Waals surface area contributed by atoms with Gasteiger partial charge >= 0.3 is 0 Å². The van der Waals surface area contributed by atoms with E-state index in [9.17, 15) is 14.0 Å². The Hall–Kier alpha value is -2.15. The lowest BCUT2D eigenvalue weighted by molar-refractivity contribution is -0.135. The summed E-state index contributed by atoms with van der Waals surface area (Å²) in [6, 6.07) is 1.88. The van der Waals surface area contributed by atoms with Gasteiger partial charge in [-0.1, -0.05) is 11.6 Å². The Morgan fingerprint density at radius 2 is 2.20 bits per heavy atom. The molecule has 2 amide bonds. The molecule has 0 bridgehead atoms. The van der Waals surface area contributed by atoms with Gasteiger partial charge in [0.1, 0.15) is 11.9 Å². The highest BCUT2D eigenvalue weighted by Gasteiger charge is 2.30. The van der Waals surface area contributed by atoms with Gasteiger partial charge in [-0.25, -0.2) is 9.37 Å². The number of nitrogens with zero attached hydrogens (tertiary/aromatic N) is 2. The van der Waals surface area contributed by atoms with Crippen LogP contribution in [0.3, 0.4) is 0 Å². The average Bonchev–Trinajstić information content (AvgIpc) is 2.66. The van der Waals surface area contributed by atoms with Gasteiger partial charge in [0.2, 0.25) is 17.8 Å². The third kappa shape index (κ3) is 1.90. The molecule has 20 heavy (non-hydrogen) atoms. The lowest BCUT2D eigenvalue weighted by Crippen LogP contribution is -2.41. The third-order valence-corrected chi connectivity index (χ3v) is 3.57. The van der Waals surface area contributed by atoms with Gasteiger partial charge in [-0.3, -0.25) is 19.5 Å². The summed E-state index contributed by atoms with van der Waals surface area (Å²) in [6.45, 7) is 0. The first-order valence-electron chi connectivity index (χ1n) is 5.93. The second-order valence-corrected chi connectivity index (χ2v) is 4.97. The maximum Gasteiger partial charge on any atom is 0.249 e. The maximum absolute atomic E-state index is 13.4. The highest BCUT2D eigenvalue weighted by molar-refractivity contribution is 6.31. The largest absolute Gasteiger partial charge is 0.369 e. The van der Waals surface area contributed by atoms with E-state index in [1.54, 1.807) is 0 Å². The molecule has 0 radical (unpaired) electrons. The molecule has 0 spiro atoms. The van der Waals surface area contributed by atoms with Crippen molar-refractivity contribution in [3.63, 3.8) is 0 Å². The molecule has 6 nitrogen and oxygen atoms in total. The molecular formula is C12H10ClFN4O2. The predicted molar refractivity (Wildman–Crippen MR) is 70.5 cm³/mol. The number of rotatable bonds is 1. The second-order valence-electron chi connectivity index (χ2n) is 4.56. The summed E-state index contributed by atoms with van der Waals surface area (Å²) >= 11 is 5.76. The Morgan fingerprint density at radius 1 is 1.45 bits per heavy atom. The molecule has 0 saturated carbocycles. The van der Waals surface area contributed by atoms with E-state index in [-0.39, 0.29) is 23.3 Å². The van der Waals surface area contributed by atoms with E-state index in [1.807, 2.05) is 0 Å². The fourth-order valence-electron chi connectivity index (χ4n) is 2.37. The lowest BCUT2D eigenvalue weighted by Gasteiger charge is -2.23. The number of aromatic nitrogens is 2. The Bertz CT molecular complexity index is 743. The van der Waals surface area contributed by atoms with E-state index in [2.05, 4.69) is 10.3 Å². The highest BCUT2D eigenvalue weighted by Crippen LogP contribution is 2.30. The zero-order valence-electron chi connectivity index (χ0n) is 10.2. The first-order valence-corrected chi connectivity index (χ1v) is 6.31. The van der Waals surface area contributed by atoms with Gasteiger partial charge in [0.15, 0.2) is 0 Å². The number of anilines is 1. The van der Waals surface area contributed by atoms with Crippen LogP contribution in [0.2, 0.25) is 5.02 Å². The summed E-state index contributed by atoms with van der Waals surface area (Å²) in [5.74, 6) is -1.30. The summed E-state index contributed by atoms with van der Waals surface area (Å²) < 4.78 is 14.9. The van der Waals surface area contributed by atoms with Crippen LogP contribution < -0.4 is 11.1 Å². The second kappa shape index (κ2) is 4.45. The van der Waals surface area contributed by atoms with Crippen LogP contribution in [0.4, 0.5) is 10.3 Å². The summed E-state index contributed by atoms with van der Waals surface area (Å²) in [5, 5.41) is 2.17. The lowest BCUT2D eigenvalue weighted by atomic mass is 10.1. The molecule has 104 valence electrons. The van der Waals surface area contributed by atoms with E-state index in [0.717, 1.165) is 6.07 Å². The van der Waals surface area contributed by atoms with Gasteiger partial charge in [-0.2, -0.15) is 0 Å². The van der Waals surface area contributed by atoms with Crippen molar-refractivity contribution in [2.24, 2.45) is 0 Å². The summed E-state index contributed by atoms with van der Waals surface area (Å²) in [6.07, 6.45) is 0.528. The Kier molecular flexibility index (Phi) is 2.86. The molecule has 1 saturated heterocycles. The Balaban J connectivity index is 2.16. The number of hydrogen-bond acceptors (Lipinski definition) is 4. The van der Waals surface area contributed by atoms with Crippen LogP contribution in [-0.2, 0) is 9.59 Å². The molecule has 1 atom stereocenters. The van der Waals surface area contributed by atoms with Crippen molar-refractivity contribution in [1.29, 1.82) is 0 Å². The minimum Gasteiger partial charge on any atom is -0.369 e. The number of nitrogen functional groups attached to an aromatic ring is 1. The molecule has 1 fully saturated rings. The number of fused-ring (bicyclic) bond motifs is 1. The van der Waals surface area contributed by atoms with Crippen molar-refractivity contribution < 1.29 is 14.0 Å². The van der Waals surface area contributed by atoms with Gasteiger partial charge in [0, 0.05) is 12.5 Å². The summed E-state index contributed by atoms with van der Waals surface area (Å²) in [7, 11) is 0. The quantitative estimate of drug-likeness (QED) is 0.778. The number of imide groups is 1. The number of piperidine rings is 1. The van der Waals surface area contributed by atoms with Crippen molar-refractivity contribution in [3.8, 4) is 0 Å². The van der Waals surface area contributed by atoms with E-state index < -0.39 is 17.8 Å². The Labute approximate surface area is 117 Å². The summed E-state index contributed by atoms with van der Waals surface area (Å²) in [5.41, 5.74) is 6.58. The van der Waals surface area contributed by atoms with Crippen molar-refractivity contribution >= 4 is 40.4 Å². The molecule has 1 aliphatic rings. The smallest absolute Gasteiger partial charge is 0.249 e. The van der Waals surface area contributed by atoms with Crippen LogP contribution >= 0.6 is 11.6 Å². The third-order valence-electron chi connectivity index (χ3n) is 3.28. The molecule has 1 aromatic heterocycles. The number of hydrogen-bond donors (Lipinski definition) is 2.